The highest BCUT2D eigenvalue weighted by atomic mass is 35.5. The minimum Gasteiger partial charge on any atom is -0.438 e. The molecule has 1 N–H and O–H groups in total. The second kappa shape index (κ2) is 6.52. The summed E-state index contributed by atoms with van der Waals surface area (Å²) in [5, 5.41) is 3.03. The Morgan fingerprint density at radius 3 is 2.80 bits per heavy atom. The molecule has 0 saturated heterocycles. The molecule has 1 aromatic heterocycles. The summed E-state index contributed by atoms with van der Waals surface area (Å²) in [6, 6.07) is 4.20. The van der Waals surface area contributed by atoms with Crippen molar-refractivity contribution < 1.29 is 9.13 Å². The van der Waals surface area contributed by atoms with Crippen molar-refractivity contribution in [1.29, 1.82) is 0 Å². The van der Waals surface area contributed by atoms with Gasteiger partial charge in [0.2, 0.25) is 5.88 Å². The summed E-state index contributed by atoms with van der Waals surface area (Å²) in [6.07, 6.45) is 3.13. The van der Waals surface area contributed by atoms with Gasteiger partial charge in [0, 0.05) is 13.1 Å². The van der Waals surface area contributed by atoms with Gasteiger partial charge in [-0.1, -0.05) is 24.9 Å². The van der Waals surface area contributed by atoms with Crippen LogP contribution in [0.5, 0.6) is 11.6 Å². The van der Waals surface area contributed by atoms with Crippen molar-refractivity contribution in [3.8, 4) is 11.6 Å². The van der Waals surface area contributed by atoms with Gasteiger partial charge in [0.05, 0.1) is 10.6 Å². The number of halogens is 2. The van der Waals surface area contributed by atoms with Crippen LogP contribution >= 0.6 is 11.6 Å². The Bertz CT molecular complexity index is 607. The molecule has 106 valence electrons. The van der Waals surface area contributed by atoms with Gasteiger partial charge in [-0.3, -0.25) is 0 Å². The second-order valence-corrected chi connectivity index (χ2v) is 4.59. The highest BCUT2D eigenvalue weighted by Gasteiger charge is 2.12. The van der Waals surface area contributed by atoms with Crippen LogP contribution in [0.3, 0.4) is 0 Å². The maximum Gasteiger partial charge on any atom is 0.227 e. The Kier molecular flexibility index (Phi) is 4.74. The molecule has 0 amide bonds. The number of aromatic nitrogens is 2. The average Bonchev–Trinajstić information content (AvgIpc) is 2.45. The lowest BCUT2D eigenvalue weighted by molar-refractivity contribution is 0.453. The number of hydrogen-bond donors (Lipinski definition) is 1. The van der Waals surface area contributed by atoms with Crippen molar-refractivity contribution in [2.75, 3.05) is 12.4 Å². The first-order valence-corrected chi connectivity index (χ1v) is 6.68. The Morgan fingerprint density at radius 2 is 2.15 bits per heavy atom. The van der Waals surface area contributed by atoms with Crippen molar-refractivity contribution in [1.82, 2.24) is 9.97 Å². The topological polar surface area (TPSA) is 47.0 Å². The van der Waals surface area contributed by atoms with Crippen LogP contribution in [0, 0.1) is 5.82 Å². The third-order valence-corrected chi connectivity index (χ3v) is 3.04. The Balaban J connectivity index is 2.34. The van der Waals surface area contributed by atoms with Crippen LogP contribution in [0.4, 0.5) is 10.2 Å². The van der Waals surface area contributed by atoms with Gasteiger partial charge in [-0.25, -0.2) is 14.4 Å². The molecule has 2 rings (SSSR count). The molecule has 0 fully saturated rings. The highest BCUT2D eigenvalue weighted by Crippen LogP contribution is 2.30. The van der Waals surface area contributed by atoms with E-state index in [1.54, 1.807) is 7.05 Å². The minimum absolute atomic E-state index is 0.0161. The van der Waals surface area contributed by atoms with Crippen LogP contribution < -0.4 is 10.1 Å². The predicted octanol–water partition coefficient (Wildman–Crippen LogP) is 4.06. The quantitative estimate of drug-likeness (QED) is 0.904. The minimum atomic E-state index is -0.480. The van der Waals surface area contributed by atoms with E-state index in [4.69, 9.17) is 16.3 Å². The average molecular weight is 296 g/mol. The van der Waals surface area contributed by atoms with Gasteiger partial charge >= 0.3 is 0 Å². The fraction of sp³-hybridized carbons (Fsp3) is 0.286. The number of anilines is 1. The lowest BCUT2D eigenvalue weighted by Crippen LogP contribution is -2.03. The molecule has 0 spiro atoms. The molecule has 0 radical (unpaired) electrons. The van der Waals surface area contributed by atoms with Gasteiger partial charge in [0.1, 0.15) is 23.7 Å². The van der Waals surface area contributed by atoms with E-state index in [0.717, 1.165) is 24.2 Å². The number of ether oxygens (including phenoxy) is 1. The fourth-order valence-electron chi connectivity index (χ4n) is 1.83. The maximum absolute atomic E-state index is 13.1. The third-order valence-electron chi connectivity index (χ3n) is 2.75. The zero-order valence-corrected chi connectivity index (χ0v) is 12.0. The maximum atomic E-state index is 13.1. The summed E-state index contributed by atoms with van der Waals surface area (Å²) in [5.41, 5.74) is 0.887. The van der Waals surface area contributed by atoms with Gasteiger partial charge in [-0.2, -0.15) is 0 Å². The van der Waals surface area contributed by atoms with Crippen LogP contribution in [0.15, 0.2) is 24.5 Å². The molecule has 0 atom stereocenters. The summed E-state index contributed by atoms with van der Waals surface area (Å²) < 4.78 is 18.8. The van der Waals surface area contributed by atoms with Crippen LogP contribution in [-0.2, 0) is 6.42 Å². The number of rotatable bonds is 5. The fourth-order valence-corrected chi connectivity index (χ4v) is 2.00. The highest BCUT2D eigenvalue weighted by molar-refractivity contribution is 6.30. The monoisotopic (exact) mass is 295 g/mol. The van der Waals surface area contributed by atoms with E-state index >= 15 is 0 Å². The van der Waals surface area contributed by atoms with Gasteiger partial charge in [0.25, 0.3) is 0 Å². The predicted molar refractivity (Wildman–Crippen MR) is 77.1 cm³/mol. The SMILES string of the molecule is CCCc1c(NC)ncnc1Oc1ccc(F)c(Cl)c1. The van der Waals surface area contributed by atoms with Crippen molar-refractivity contribution in [3.63, 3.8) is 0 Å². The van der Waals surface area contributed by atoms with Gasteiger partial charge in [-0.05, 0) is 18.6 Å². The summed E-state index contributed by atoms with van der Waals surface area (Å²) in [6.45, 7) is 2.06. The molecule has 6 heteroatoms. The van der Waals surface area contributed by atoms with E-state index in [1.165, 1.54) is 24.5 Å². The number of benzene rings is 1. The smallest absolute Gasteiger partial charge is 0.227 e. The van der Waals surface area contributed by atoms with Gasteiger partial charge in [0.15, 0.2) is 0 Å². The molecule has 1 aromatic carbocycles. The second-order valence-electron chi connectivity index (χ2n) is 4.18. The zero-order chi connectivity index (χ0) is 14.5. The molecule has 0 unspecified atom stereocenters. The van der Waals surface area contributed by atoms with Crippen LogP contribution in [-0.4, -0.2) is 17.0 Å². The number of nitrogens with one attached hydrogen (secondary N) is 1. The third kappa shape index (κ3) is 3.17. The van der Waals surface area contributed by atoms with Crippen LogP contribution in [0.2, 0.25) is 5.02 Å². The van der Waals surface area contributed by atoms with Crippen molar-refractivity contribution in [2.45, 2.75) is 19.8 Å². The molecule has 0 aliphatic heterocycles. The summed E-state index contributed by atoms with van der Waals surface area (Å²) in [5.74, 6) is 1.14. The molecule has 0 aliphatic rings. The van der Waals surface area contributed by atoms with Crippen LogP contribution in [0.1, 0.15) is 18.9 Å². The molecular weight excluding hydrogens is 281 g/mol. The largest absolute Gasteiger partial charge is 0.438 e. The Labute approximate surface area is 122 Å². The lowest BCUT2D eigenvalue weighted by Gasteiger charge is -2.12. The van der Waals surface area contributed by atoms with E-state index in [0.29, 0.717) is 11.6 Å². The lowest BCUT2D eigenvalue weighted by atomic mass is 10.1. The molecule has 4 nitrogen and oxygen atoms in total. The molecule has 20 heavy (non-hydrogen) atoms. The summed E-state index contributed by atoms with van der Waals surface area (Å²) >= 11 is 5.74. The zero-order valence-electron chi connectivity index (χ0n) is 11.3. The summed E-state index contributed by atoms with van der Waals surface area (Å²) in [4.78, 5) is 8.30. The van der Waals surface area contributed by atoms with E-state index in [1.807, 2.05) is 0 Å². The number of nitrogens with zero attached hydrogens (tertiary/aromatic N) is 2. The molecule has 2 aromatic rings. The molecule has 0 bridgehead atoms. The Morgan fingerprint density at radius 1 is 1.35 bits per heavy atom. The standard InChI is InChI=1S/C14H15ClFN3O/c1-3-4-10-13(17-2)18-8-19-14(10)20-9-5-6-12(16)11(15)7-9/h5-8H,3-4H2,1-2H3,(H,17,18,19). The Hall–Kier alpha value is -1.88. The first kappa shape index (κ1) is 14.5. The summed E-state index contributed by atoms with van der Waals surface area (Å²) in [7, 11) is 1.79. The first-order chi connectivity index (χ1) is 9.65. The molecule has 0 aliphatic carbocycles. The molecule has 1 heterocycles. The van der Waals surface area contributed by atoms with E-state index in [9.17, 15) is 4.39 Å². The molecule has 0 saturated carbocycles. The van der Waals surface area contributed by atoms with Crippen molar-refractivity contribution in [2.24, 2.45) is 0 Å². The first-order valence-electron chi connectivity index (χ1n) is 6.30. The van der Waals surface area contributed by atoms with E-state index in [-0.39, 0.29) is 5.02 Å². The van der Waals surface area contributed by atoms with Crippen LogP contribution in [0.25, 0.3) is 0 Å². The number of hydrogen-bond acceptors (Lipinski definition) is 4. The molecular formula is C14H15ClFN3O. The van der Waals surface area contributed by atoms with Gasteiger partial charge in [-0.15, -0.1) is 0 Å². The normalized spacial score (nSPS) is 10.4. The van der Waals surface area contributed by atoms with Gasteiger partial charge < -0.3 is 10.1 Å². The van der Waals surface area contributed by atoms with Crippen molar-refractivity contribution >= 4 is 17.4 Å². The van der Waals surface area contributed by atoms with Crippen molar-refractivity contribution in [3.05, 3.63) is 40.9 Å². The van der Waals surface area contributed by atoms with E-state index < -0.39 is 5.82 Å². The van der Waals surface area contributed by atoms with E-state index in [2.05, 4.69) is 22.2 Å².